The summed E-state index contributed by atoms with van der Waals surface area (Å²) < 4.78 is 19.5. The Labute approximate surface area is 172 Å². The molecule has 156 valence electrons. The minimum absolute atomic E-state index is 0. The number of likely N-dealkylation sites (tertiary alicyclic amines) is 1. The van der Waals surface area contributed by atoms with Crippen LogP contribution in [0.15, 0.2) is 24.3 Å². The van der Waals surface area contributed by atoms with Crippen molar-refractivity contribution in [2.45, 2.75) is 50.2 Å². The number of hydrogen-bond donors (Lipinski definition) is 2. The third kappa shape index (κ3) is 4.85. The highest BCUT2D eigenvalue weighted by Gasteiger charge is 2.36. The number of nitrogens with one attached hydrogen (secondary N) is 2. The fourth-order valence-electron chi connectivity index (χ4n) is 4.89. The van der Waals surface area contributed by atoms with Crippen molar-refractivity contribution in [3.8, 4) is 0 Å². The molecule has 3 fully saturated rings. The summed E-state index contributed by atoms with van der Waals surface area (Å²) in [6.45, 7) is 3.96. The second kappa shape index (κ2) is 10.0. The van der Waals surface area contributed by atoms with Gasteiger partial charge in [0.15, 0.2) is 0 Å². The molecule has 2 aliphatic heterocycles. The Morgan fingerprint density at radius 1 is 1.18 bits per heavy atom. The van der Waals surface area contributed by atoms with Crippen molar-refractivity contribution in [1.82, 2.24) is 15.5 Å². The van der Waals surface area contributed by atoms with E-state index in [0.717, 1.165) is 32.6 Å². The van der Waals surface area contributed by atoms with Gasteiger partial charge in [-0.1, -0.05) is 18.6 Å². The van der Waals surface area contributed by atoms with Crippen molar-refractivity contribution in [3.05, 3.63) is 35.6 Å². The summed E-state index contributed by atoms with van der Waals surface area (Å²) in [5, 5.41) is 7.49. The average Bonchev–Trinajstić information content (AvgIpc) is 3.17. The zero-order chi connectivity index (χ0) is 18.6. The minimum Gasteiger partial charge on any atom is -0.379 e. The summed E-state index contributed by atoms with van der Waals surface area (Å²) in [6.07, 6.45) is 5.60. The molecule has 0 aromatic heterocycles. The van der Waals surface area contributed by atoms with Crippen LogP contribution in [0.5, 0.6) is 0 Å². The molecule has 7 heteroatoms. The number of rotatable bonds is 4. The molecule has 2 heterocycles. The lowest BCUT2D eigenvalue weighted by Crippen LogP contribution is -2.54. The van der Waals surface area contributed by atoms with E-state index in [-0.39, 0.29) is 23.9 Å². The molecule has 3 unspecified atom stereocenters. The second-order valence-electron chi connectivity index (χ2n) is 8.05. The third-order valence-corrected chi connectivity index (χ3v) is 6.37. The third-order valence-electron chi connectivity index (χ3n) is 6.37. The van der Waals surface area contributed by atoms with Crippen LogP contribution in [0.1, 0.15) is 42.5 Å². The molecule has 2 saturated heterocycles. The normalized spacial score (nSPS) is 28.8. The van der Waals surface area contributed by atoms with Gasteiger partial charge in [0, 0.05) is 37.8 Å². The number of amides is 1. The number of piperidine rings is 1. The molecule has 3 atom stereocenters. The Morgan fingerprint density at radius 3 is 2.68 bits per heavy atom. The van der Waals surface area contributed by atoms with E-state index in [4.69, 9.17) is 4.74 Å². The Balaban J connectivity index is 0.00000225. The molecule has 4 rings (SSSR count). The highest BCUT2D eigenvalue weighted by Crippen LogP contribution is 2.30. The van der Waals surface area contributed by atoms with Gasteiger partial charge in [-0.3, -0.25) is 4.79 Å². The van der Waals surface area contributed by atoms with Crippen LogP contribution in [0.3, 0.4) is 0 Å². The SMILES string of the molecule is Cl.O=C(c1ccccc1F)N1CCC(NC2CCCC2C2COCCN2)CC1. The van der Waals surface area contributed by atoms with Crippen molar-refractivity contribution in [2.24, 2.45) is 5.92 Å². The Hall–Kier alpha value is -1.21. The van der Waals surface area contributed by atoms with Gasteiger partial charge in [0.2, 0.25) is 0 Å². The number of halogens is 2. The summed E-state index contributed by atoms with van der Waals surface area (Å²) in [5.41, 5.74) is 0.183. The van der Waals surface area contributed by atoms with E-state index in [1.807, 2.05) is 0 Å². The first kappa shape index (κ1) is 21.5. The van der Waals surface area contributed by atoms with E-state index in [1.54, 1.807) is 23.1 Å². The van der Waals surface area contributed by atoms with Crippen molar-refractivity contribution in [2.75, 3.05) is 32.8 Å². The lowest BCUT2D eigenvalue weighted by atomic mass is 9.92. The van der Waals surface area contributed by atoms with E-state index in [2.05, 4.69) is 10.6 Å². The highest BCUT2D eigenvalue weighted by molar-refractivity contribution is 5.94. The first-order valence-electron chi connectivity index (χ1n) is 10.3. The van der Waals surface area contributed by atoms with E-state index in [0.29, 0.717) is 37.1 Å². The van der Waals surface area contributed by atoms with Gasteiger partial charge in [-0.05, 0) is 43.7 Å². The van der Waals surface area contributed by atoms with Crippen molar-refractivity contribution >= 4 is 18.3 Å². The van der Waals surface area contributed by atoms with Gasteiger partial charge in [-0.2, -0.15) is 0 Å². The number of morpholine rings is 1. The Bertz CT molecular complexity index is 648. The standard InChI is InChI=1S/C21H30FN3O2.ClH/c22-18-6-2-1-4-16(18)21(26)25-11-8-15(9-12-25)24-19-7-3-5-17(19)20-14-27-13-10-23-20;/h1-2,4,6,15,17,19-20,23-24H,3,5,7-14H2;1H. The number of ether oxygens (including phenoxy) is 1. The molecular weight excluding hydrogens is 381 g/mol. The first-order chi connectivity index (χ1) is 13.2. The summed E-state index contributed by atoms with van der Waals surface area (Å²) in [5.74, 6) is 0.0102. The molecule has 1 amide bonds. The fraction of sp³-hybridized carbons (Fsp3) is 0.667. The van der Waals surface area contributed by atoms with Crippen molar-refractivity contribution in [3.63, 3.8) is 0 Å². The molecule has 1 aromatic rings. The van der Waals surface area contributed by atoms with Crippen LogP contribution in [-0.2, 0) is 4.74 Å². The molecule has 3 aliphatic rings. The number of nitrogens with zero attached hydrogens (tertiary/aromatic N) is 1. The topological polar surface area (TPSA) is 53.6 Å². The van der Waals surface area contributed by atoms with Gasteiger partial charge in [0.05, 0.1) is 18.8 Å². The number of hydrogen-bond acceptors (Lipinski definition) is 4. The zero-order valence-electron chi connectivity index (χ0n) is 16.2. The van der Waals surface area contributed by atoms with Crippen LogP contribution in [-0.4, -0.2) is 61.8 Å². The van der Waals surface area contributed by atoms with Crippen LogP contribution >= 0.6 is 12.4 Å². The van der Waals surface area contributed by atoms with Gasteiger partial charge in [0.1, 0.15) is 5.82 Å². The average molecular weight is 412 g/mol. The molecule has 0 radical (unpaired) electrons. The van der Waals surface area contributed by atoms with Crippen LogP contribution in [0, 0.1) is 11.7 Å². The van der Waals surface area contributed by atoms with Crippen molar-refractivity contribution in [1.29, 1.82) is 0 Å². The predicted octanol–water partition coefficient (Wildman–Crippen LogP) is 2.60. The molecule has 28 heavy (non-hydrogen) atoms. The summed E-state index contributed by atoms with van der Waals surface area (Å²) in [4.78, 5) is 14.4. The molecule has 1 saturated carbocycles. The maximum absolute atomic E-state index is 13.9. The second-order valence-corrected chi connectivity index (χ2v) is 8.05. The number of carbonyl (C=O) groups is 1. The molecule has 1 aliphatic carbocycles. The predicted molar refractivity (Wildman–Crippen MR) is 109 cm³/mol. The van der Waals surface area contributed by atoms with Crippen LogP contribution in [0.2, 0.25) is 0 Å². The molecule has 2 N–H and O–H groups in total. The summed E-state index contributed by atoms with van der Waals surface area (Å²) >= 11 is 0. The maximum Gasteiger partial charge on any atom is 0.256 e. The van der Waals surface area contributed by atoms with Crippen LogP contribution in [0.25, 0.3) is 0 Å². The van der Waals surface area contributed by atoms with Gasteiger partial charge in [0.25, 0.3) is 5.91 Å². The molecule has 5 nitrogen and oxygen atoms in total. The van der Waals surface area contributed by atoms with E-state index >= 15 is 0 Å². The Morgan fingerprint density at radius 2 is 1.96 bits per heavy atom. The molecule has 0 spiro atoms. The van der Waals surface area contributed by atoms with E-state index in [9.17, 15) is 9.18 Å². The van der Waals surface area contributed by atoms with Gasteiger partial charge >= 0.3 is 0 Å². The van der Waals surface area contributed by atoms with Crippen molar-refractivity contribution < 1.29 is 13.9 Å². The maximum atomic E-state index is 13.9. The summed E-state index contributed by atoms with van der Waals surface area (Å²) in [6, 6.07) is 7.68. The van der Waals surface area contributed by atoms with Crippen LogP contribution < -0.4 is 10.6 Å². The summed E-state index contributed by atoms with van der Waals surface area (Å²) in [7, 11) is 0. The number of benzene rings is 1. The monoisotopic (exact) mass is 411 g/mol. The van der Waals surface area contributed by atoms with Gasteiger partial charge < -0.3 is 20.3 Å². The van der Waals surface area contributed by atoms with Gasteiger partial charge in [-0.15, -0.1) is 12.4 Å². The highest BCUT2D eigenvalue weighted by atomic mass is 35.5. The largest absolute Gasteiger partial charge is 0.379 e. The minimum atomic E-state index is -0.432. The molecular formula is C21H31ClFN3O2. The van der Waals surface area contributed by atoms with Crippen LogP contribution in [0.4, 0.5) is 4.39 Å². The zero-order valence-corrected chi connectivity index (χ0v) is 17.1. The first-order valence-corrected chi connectivity index (χ1v) is 10.3. The van der Waals surface area contributed by atoms with Gasteiger partial charge in [-0.25, -0.2) is 4.39 Å². The number of carbonyl (C=O) groups excluding carboxylic acids is 1. The Kier molecular flexibility index (Phi) is 7.69. The van der Waals surface area contributed by atoms with E-state index < -0.39 is 5.82 Å². The lowest BCUT2D eigenvalue weighted by molar-refractivity contribution is 0.0500. The van der Waals surface area contributed by atoms with E-state index in [1.165, 1.54) is 25.3 Å². The quantitative estimate of drug-likeness (QED) is 0.799. The lowest BCUT2D eigenvalue weighted by Gasteiger charge is -2.37. The molecule has 0 bridgehead atoms. The smallest absolute Gasteiger partial charge is 0.256 e. The fourth-order valence-corrected chi connectivity index (χ4v) is 4.89. The molecule has 1 aromatic carbocycles.